The van der Waals surface area contributed by atoms with Crippen molar-refractivity contribution in [3.05, 3.63) is 42.2 Å². The van der Waals surface area contributed by atoms with Gasteiger partial charge >= 0.3 is 0 Å². The average Bonchev–Trinajstić information content (AvgIpc) is 3.16. The maximum absolute atomic E-state index is 12.4. The van der Waals surface area contributed by atoms with Crippen molar-refractivity contribution in [1.29, 1.82) is 0 Å². The first-order valence-corrected chi connectivity index (χ1v) is 7.09. The Morgan fingerprint density at radius 2 is 2.43 bits per heavy atom. The summed E-state index contributed by atoms with van der Waals surface area (Å²) in [6.45, 7) is 3.14. The van der Waals surface area contributed by atoms with Gasteiger partial charge < -0.3 is 14.6 Å². The van der Waals surface area contributed by atoms with Crippen LogP contribution in [0.5, 0.6) is 0 Å². The molecule has 1 amide bonds. The zero-order valence-corrected chi connectivity index (χ0v) is 12.0. The van der Waals surface area contributed by atoms with Gasteiger partial charge in [-0.15, -0.1) is 0 Å². The molecule has 0 aromatic carbocycles. The highest BCUT2D eigenvalue weighted by molar-refractivity contribution is 5.85. The third kappa shape index (κ3) is 3.04. The molecule has 6 nitrogen and oxygen atoms in total. The normalized spacial score (nSPS) is 18.0. The van der Waals surface area contributed by atoms with Gasteiger partial charge in [0.25, 0.3) is 0 Å². The van der Waals surface area contributed by atoms with Crippen LogP contribution in [0.15, 0.2) is 35.2 Å². The van der Waals surface area contributed by atoms with E-state index in [-0.39, 0.29) is 11.9 Å². The van der Waals surface area contributed by atoms with Crippen molar-refractivity contribution in [2.75, 3.05) is 11.4 Å². The SMILES string of the molecule is Cc1cncc(N2CCC[C@@H]2C(=O)NCc2ccco2)n1. The third-order valence-electron chi connectivity index (χ3n) is 3.61. The molecule has 3 heterocycles. The molecule has 0 saturated carbocycles. The second-order valence-electron chi connectivity index (χ2n) is 5.17. The van der Waals surface area contributed by atoms with Gasteiger partial charge in [-0.3, -0.25) is 9.78 Å². The van der Waals surface area contributed by atoms with Gasteiger partial charge in [0.1, 0.15) is 17.6 Å². The summed E-state index contributed by atoms with van der Waals surface area (Å²) >= 11 is 0. The van der Waals surface area contributed by atoms with E-state index >= 15 is 0 Å². The van der Waals surface area contributed by atoms with Gasteiger partial charge in [-0.2, -0.15) is 0 Å². The van der Waals surface area contributed by atoms with Crippen molar-refractivity contribution in [2.45, 2.75) is 32.4 Å². The van der Waals surface area contributed by atoms with E-state index in [1.807, 2.05) is 24.0 Å². The van der Waals surface area contributed by atoms with Crippen LogP contribution in [0.3, 0.4) is 0 Å². The predicted molar refractivity (Wildman–Crippen MR) is 77.7 cm³/mol. The van der Waals surface area contributed by atoms with Gasteiger partial charge in [0.05, 0.1) is 24.7 Å². The van der Waals surface area contributed by atoms with Crippen LogP contribution in [0.2, 0.25) is 0 Å². The Bertz CT molecular complexity index is 612. The maximum atomic E-state index is 12.4. The first-order valence-electron chi connectivity index (χ1n) is 7.09. The Morgan fingerprint density at radius 1 is 1.52 bits per heavy atom. The Labute approximate surface area is 123 Å². The van der Waals surface area contributed by atoms with Gasteiger partial charge in [-0.1, -0.05) is 0 Å². The lowest BCUT2D eigenvalue weighted by molar-refractivity contribution is -0.122. The predicted octanol–water partition coefficient (Wildman–Crippen LogP) is 1.66. The van der Waals surface area contributed by atoms with E-state index in [0.29, 0.717) is 6.54 Å². The molecule has 1 aliphatic heterocycles. The molecule has 1 atom stereocenters. The summed E-state index contributed by atoms with van der Waals surface area (Å²) in [6, 6.07) is 3.47. The van der Waals surface area contributed by atoms with Crippen molar-refractivity contribution < 1.29 is 9.21 Å². The van der Waals surface area contributed by atoms with E-state index in [4.69, 9.17) is 4.42 Å². The van der Waals surface area contributed by atoms with Gasteiger partial charge in [-0.05, 0) is 31.9 Å². The number of amides is 1. The van der Waals surface area contributed by atoms with Gasteiger partial charge in [0, 0.05) is 12.7 Å². The lowest BCUT2D eigenvalue weighted by Gasteiger charge is -2.24. The summed E-state index contributed by atoms with van der Waals surface area (Å²) in [5.41, 5.74) is 0.856. The largest absolute Gasteiger partial charge is 0.467 e. The number of hydrogen-bond acceptors (Lipinski definition) is 5. The first kappa shape index (κ1) is 13.6. The molecule has 1 fully saturated rings. The molecule has 0 spiro atoms. The van der Waals surface area contributed by atoms with Crippen molar-refractivity contribution >= 4 is 11.7 Å². The van der Waals surface area contributed by atoms with Crippen LogP contribution in [0.25, 0.3) is 0 Å². The van der Waals surface area contributed by atoms with Gasteiger partial charge in [0.2, 0.25) is 5.91 Å². The number of furan rings is 1. The molecule has 110 valence electrons. The number of carbonyl (C=O) groups excluding carboxylic acids is 1. The highest BCUT2D eigenvalue weighted by atomic mass is 16.3. The monoisotopic (exact) mass is 286 g/mol. The standard InChI is InChI=1S/C15H18N4O2/c1-11-8-16-10-14(18-11)19-6-2-5-13(19)15(20)17-9-12-4-3-7-21-12/h3-4,7-8,10,13H,2,5-6,9H2,1H3,(H,17,20)/t13-/m1/s1. The minimum atomic E-state index is -0.184. The van der Waals surface area contributed by atoms with Crippen molar-refractivity contribution in [2.24, 2.45) is 0 Å². The van der Waals surface area contributed by atoms with Crippen LogP contribution < -0.4 is 10.2 Å². The molecule has 21 heavy (non-hydrogen) atoms. The topological polar surface area (TPSA) is 71.3 Å². The Balaban J connectivity index is 1.67. The molecule has 0 radical (unpaired) electrons. The van der Waals surface area contributed by atoms with E-state index < -0.39 is 0 Å². The summed E-state index contributed by atoms with van der Waals surface area (Å²) in [5.74, 6) is 1.53. The number of nitrogens with one attached hydrogen (secondary N) is 1. The van der Waals surface area contributed by atoms with Crippen LogP contribution in [0.4, 0.5) is 5.82 Å². The molecule has 3 rings (SSSR count). The van der Waals surface area contributed by atoms with Gasteiger partial charge in [-0.25, -0.2) is 4.98 Å². The lowest BCUT2D eigenvalue weighted by Crippen LogP contribution is -2.43. The number of carbonyl (C=O) groups is 1. The summed E-state index contributed by atoms with van der Waals surface area (Å²) in [6.07, 6.45) is 6.84. The Hall–Kier alpha value is -2.37. The minimum Gasteiger partial charge on any atom is -0.467 e. The van der Waals surface area contributed by atoms with Crippen molar-refractivity contribution in [3.63, 3.8) is 0 Å². The maximum Gasteiger partial charge on any atom is 0.243 e. The minimum absolute atomic E-state index is 0.00667. The fourth-order valence-corrected chi connectivity index (χ4v) is 2.61. The van der Waals surface area contributed by atoms with Crippen LogP contribution >= 0.6 is 0 Å². The highest BCUT2D eigenvalue weighted by Crippen LogP contribution is 2.23. The molecular weight excluding hydrogens is 268 g/mol. The van der Waals surface area contributed by atoms with E-state index in [2.05, 4.69) is 15.3 Å². The first-order chi connectivity index (χ1) is 10.2. The third-order valence-corrected chi connectivity index (χ3v) is 3.61. The zero-order chi connectivity index (χ0) is 14.7. The highest BCUT2D eigenvalue weighted by Gasteiger charge is 2.31. The molecule has 2 aromatic heterocycles. The number of aryl methyl sites for hydroxylation is 1. The summed E-state index contributed by atoms with van der Waals surface area (Å²) in [7, 11) is 0. The molecule has 0 unspecified atom stereocenters. The second kappa shape index (κ2) is 5.95. The van der Waals surface area contributed by atoms with Crippen LogP contribution in [0.1, 0.15) is 24.3 Å². The zero-order valence-electron chi connectivity index (χ0n) is 12.0. The number of hydrogen-bond donors (Lipinski definition) is 1. The average molecular weight is 286 g/mol. The van der Waals surface area contributed by atoms with Crippen LogP contribution in [-0.2, 0) is 11.3 Å². The van der Waals surface area contributed by atoms with Gasteiger partial charge in [0.15, 0.2) is 0 Å². The molecule has 2 aromatic rings. The molecule has 0 aliphatic carbocycles. The molecule has 0 bridgehead atoms. The molecular formula is C15H18N4O2. The van der Waals surface area contributed by atoms with Crippen molar-refractivity contribution in [1.82, 2.24) is 15.3 Å². The smallest absolute Gasteiger partial charge is 0.243 e. The molecule has 1 aliphatic rings. The fourth-order valence-electron chi connectivity index (χ4n) is 2.61. The number of aromatic nitrogens is 2. The fraction of sp³-hybridized carbons (Fsp3) is 0.400. The van der Waals surface area contributed by atoms with Crippen LogP contribution in [-0.4, -0.2) is 28.5 Å². The number of nitrogens with zero attached hydrogens (tertiary/aromatic N) is 3. The molecule has 1 N–H and O–H groups in total. The molecule has 1 saturated heterocycles. The van der Waals surface area contributed by atoms with Crippen LogP contribution in [0, 0.1) is 6.92 Å². The Morgan fingerprint density at radius 3 is 3.19 bits per heavy atom. The van der Waals surface area contributed by atoms with E-state index in [1.165, 1.54) is 0 Å². The number of rotatable bonds is 4. The quantitative estimate of drug-likeness (QED) is 0.925. The Kier molecular flexibility index (Phi) is 3.85. The second-order valence-corrected chi connectivity index (χ2v) is 5.17. The summed E-state index contributed by atoms with van der Waals surface area (Å²) in [5, 5.41) is 2.92. The summed E-state index contributed by atoms with van der Waals surface area (Å²) in [4.78, 5) is 23.0. The lowest BCUT2D eigenvalue weighted by atomic mass is 10.2. The number of anilines is 1. The van der Waals surface area contributed by atoms with Crippen molar-refractivity contribution in [3.8, 4) is 0 Å². The van der Waals surface area contributed by atoms with E-state index in [0.717, 1.165) is 36.7 Å². The summed E-state index contributed by atoms with van der Waals surface area (Å²) < 4.78 is 5.22. The molecule has 6 heteroatoms. The van der Waals surface area contributed by atoms with E-state index in [1.54, 1.807) is 18.7 Å². The van der Waals surface area contributed by atoms with E-state index in [9.17, 15) is 4.79 Å².